The van der Waals surface area contributed by atoms with E-state index in [-0.39, 0.29) is 6.61 Å². The molecule has 0 saturated heterocycles. The minimum Gasteiger partial charge on any atom is -0.479 e. The topological polar surface area (TPSA) is 55.8 Å². The van der Waals surface area contributed by atoms with Crippen molar-refractivity contribution in [1.82, 2.24) is 0 Å². The Kier molecular flexibility index (Phi) is 4.00. The summed E-state index contributed by atoms with van der Waals surface area (Å²) >= 11 is 0. The van der Waals surface area contributed by atoms with E-state index >= 15 is 0 Å². The fourth-order valence-corrected chi connectivity index (χ4v) is 0.392. The van der Waals surface area contributed by atoms with Gasteiger partial charge in [0.2, 0.25) is 0 Å². The molecule has 9 heavy (non-hydrogen) atoms. The van der Waals surface area contributed by atoms with Gasteiger partial charge in [-0.3, -0.25) is 0 Å². The van der Waals surface area contributed by atoms with Crippen molar-refractivity contribution in [1.29, 1.82) is 0 Å². The first-order valence-electron chi connectivity index (χ1n) is 2.47. The fraction of sp³-hybridized carbons (Fsp3) is 0.800. The van der Waals surface area contributed by atoms with Crippen LogP contribution in [0.2, 0.25) is 0 Å². The van der Waals surface area contributed by atoms with E-state index < -0.39 is 12.1 Å². The van der Waals surface area contributed by atoms with E-state index in [1.165, 1.54) is 14.2 Å². The lowest BCUT2D eigenvalue weighted by atomic mass is 10.4. The van der Waals surface area contributed by atoms with E-state index in [0.29, 0.717) is 0 Å². The second-order valence-corrected chi connectivity index (χ2v) is 1.52. The molecule has 1 N–H and O–H groups in total. The quantitative estimate of drug-likeness (QED) is 0.575. The highest BCUT2D eigenvalue weighted by atomic mass is 16.5. The first-order valence-corrected chi connectivity index (χ1v) is 2.47. The van der Waals surface area contributed by atoms with Crippen LogP contribution in [0.15, 0.2) is 0 Å². The van der Waals surface area contributed by atoms with Crippen LogP contribution < -0.4 is 0 Å². The Balaban J connectivity index is 3.54. The van der Waals surface area contributed by atoms with E-state index in [0.717, 1.165) is 0 Å². The number of aliphatic carboxylic acids is 1. The summed E-state index contributed by atoms with van der Waals surface area (Å²) in [6.07, 6.45) is -0.838. The van der Waals surface area contributed by atoms with Crippen LogP contribution in [-0.4, -0.2) is 38.0 Å². The van der Waals surface area contributed by atoms with Crippen molar-refractivity contribution in [2.45, 2.75) is 6.10 Å². The monoisotopic (exact) mass is 134 g/mol. The lowest BCUT2D eigenvalue weighted by Gasteiger charge is -2.06. The van der Waals surface area contributed by atoms with Crippen LogP contribution >= 0.6 is 0 Å². The minimum absolute atomic E-state index is 0.0891. The highest BCUT2D eigenvalue weighted by Crippen LogP contribution is 1.88. The summed E-state index contributed by atoms with van der Waals surface area (Å²) in [5.41, 5.74) is 0. The molecule has 0 bridgehead atoms. The maximum Gasteiger partial charge on any atom is 0.335 e. The first kappa shape index (κ1) is 8.39. The molecule has 1 atom stereocenters. The highest BCUT2D eigenvalue weighted by molar-refractivity contribution is 5.72. The van der Waals surface area contributed by atoms with Gasteiger partial charge in [-0.1, -0.05) is 0 Å². The summed E-state index contributed by atoms with van der Waals surface area (Å²) < 4.78 is 9.08. The number of hydrogen-bond donors (Lipinski definition) is 1. The molecule has 0 aliphatic carbocycles. The van der Waals surface area contributed by atoms with E-state index in [1.54, 1.807) is 0 Å². The molecule has 4 nitrogen and oxygen atoms in total. The van der Waals surface area contributed by atoms with Gasteiger partial charge in [0.05, 0.1) is 6.61 Å². The Morgan fingerprint density at radius 1 is 1.67 bits per heavy atom. The van der Waals surface area contributed by atoms with Crippen LogP contribution in [0.1, 0.15) is 0 Å². The van der Waals surface area contributed by atoms with Crippen molar-refractivity contribution in [3.05, 3.63) is 0 Å². The van der Waals surface area contributed by atoms with Gasteiger partial charge in [0.25, 0.3) is 0 Å². The smallest absolute Gasteiger partial charge is 0.335 e. The van der Waals surface area contributed by atoms with Gasteiger partial charge in [-0.05, 0) is 0 Å². The van der Waals surface area contributed by atoms with Gasteiger partial charge in [0.1, 0.15) is 0 Å². The van der Waals surface area contributed by atoms with Crippen LogP contribution in [0, 0.1) is 0 Å². The van der Waals surface area contributed by atoms with E-state index in [1.807, 2.05) is 0 Å². The van der Waals surface area contributed by atoms with Crippen molar-refractivity contribution in [2.75, 3.05) is 20.8 Å². The summed E-state index contributed by atoms with van der Waals surface area (Å²) in [7, 11) is 2.76. The third-order valence-corrected chi connectivity index (χ3v) is 0.878. The molecule has 1 unspecified atom stereocenters. The normalized spacial score (nSPS) is 13.1. The maximum absolute atomic E-state index is 10.1. The molecular formula is C5H10O4. The number of rotatable bonds is 4. The average Bonchev–Trinajstić information content (AvgIpc) is 1.82. The first-order chi connectivity index (χ1) is 4.22. The summed E-state index contributed by atoms with van der Waals surface area (Å²) in [6, 6.07) is 0. The van der Waals surface area contributed by atoms with Gasteiger partial charge in [0.15, 0.2) is 6.10 Å². The Morgan fingerprint density at radius 2 is 2.22 bits per heavy atom. The number of hydrogen-bond acceptors (Lipinski definition) is 3. The molecule has 4 heteroatoms. The zero-order chi connectivity index (χ0) is 7.28. The predicted molar refractivity (Wildman–Crippen MR) is 30.3 cm³/mol. The molecule has 0 aromatic heterocycles. The largest absolute Gasteiger partial charge is 0.479 e. The molecular weight excluding hydrogens is 124 g/mol. The minimum atomic E-state index is -1.00. The van der Waals surface area contributed by atoms with Crippen molar-refractivity contribution >= 4 is 5.97 Å². The molecule has 0 aromatic rings. The van der Waals surface area contributed by atoms with Crippen LogP contribution in [0.3, 0.4) is 0 Å². The molecule has 0 heterocycles. The maximum atomic E-state index is 10.1. The molecule has 0 radical (unpaired) electrons. The Hall–Kier alpha value is -0.610. The molecule has 0 spiro atoms. The second kappa shape index (κ2) is 4.29. The van der Waals surface area contributed by atoms with Gasteiger partial charge in [-0.2, -0.15) is 0 Å². The Bertz CT molecular complexity index is 91.0. The Morgan fingerprint density at radius 3 is 2.33 bits per heavy atom. The van der Waals surface area contributed by atoms with Gasteiger partial charge >= 0.3 is 5.97 Å². The van der Waals surface area contributed by atoms with Crippen LogP contribution in [0.25, 0.3) is 0 Å². The van der Waals surface area contributed by atoms with Gasteiger partial charge in [-0.25, -0.2) is 4.79 Å². The van der Waals surface area contributed by atoms with Crippen molar-refractivity contribution in [3.63, 3.8) is 0 Å². The third-order valence-electron chi connectivity index (χ3n) is 0.878. The van der Waals surface area contributed by atoms with Crippen molar-refractivity contribution < 1.29 is 19.4 Å². The van der Waals surface area contributed by atoms with Crippen LogP contribution in [0.5, 0.6) is 0 Å². The third kappa shape index (κ3) is 3.05. The predicted octanol–water partition coefficient (Wildman–Crippen LogP) is -0.268. The van der Waals surface area contributed by atoms with Crippen LogP contribution in [-0.2, 0) is 14.3 Å². The molecule has 0 fully saturated rings. The van der Waals surface area contributed by atoms with Gasteiger partial charge < -0.3 is 14.6 Å². The lowest BCUT2D eigenvalue weighted by Crippen LogP contribution is -2.27. The zero-order valence-corrected chi connectivity index (χ0v) is 5.46. The fourth-order valence-electron chi connectivity index (χ4n) is 0.392. The number of carboxylic acid groups (broad SMARTS) is 1. The average molecular weight is 134 g/mol. The van der Waals surface area contributed by atoms with E-state index in [9.17, 15) is 4.79 Å². The summed E-state index contributed by atoms with van der Waals surface area (Å²) in [5, 5.41) is 8.30. The SMILES string of the molecule is COCC(OC)C(=O)O. The highest BCUT2D eigenvalue weighted by Gasteiger charge is 2.14. The zero-order valence-electron chi connectivity index (χ0n) is 5.46. The number of carboxylic acids is 1. The Labute approximate surface area is 53.4 Å². The molecule has 0 saturated carbocycles. The van der Waals surface area contributed by atoms with Gasteiger partial charge in [0, 0.05) is 14.2 Å². The molecule has 0 aliphatic rings. The number of methoxy groups -OCH3 is 2. The van der Waals surface area contributed by atoms with E-state index in [4.69, 9.17) is 5.11 Å². The molecule has 0 amide bonds. The van der Waals surface area contributed by atoms with Crippen molar-refractivity contribution in [2.24, 2.45) is 0 Å². The molecule has 0 aliphatic heterocycles. The number of carbonyl (C=O) groups is 1. The van der Waals surface area contributed by atoms with Crippen molar-refractivity contribution in [3.8, 4) is 0 Å². The second-order valence-electron chi connectivity index (χ2n) is 1.52. The molecule has 54 valence electrons. The molecule has 0 aromatic carbocycles. The number of ether oxygens (including phenoxy) is 2. The van der Waals surface area contributed by atoms with Gasteiger partial charge in [-0.15, -0.1) is 0 Å². The molecule has 0 rings (SSSR count). The summed E-state index contributed by atoms with van der Waals surface area (Å²) in [4.78, 5) is 10.1. The standard InChI is InChI=1S/C5H10O4/c1-8-3-4(9-2)5(6)7/h4H,3H2,1-2H3,(H,6,7). The van der Waals surface area contributed by atoms with Crippen LogP contribution in [0.4, 0.5) is 0 Å². The van der Waals surface area contributed by atoms with E-state index in [2.05, 4.69) is 9.47 Å². The summed E-state index contributed by atoms with van der Waals surface area (Å²) in [5.74, 6) is -1.00. The lowest BCUT2D eigenvalue weighted by molar-refractivity contribution is -0.151. The summed E-state index contributed by atoms with van der Waals surface area (Å²) in [6.45, 7) is 0.0891.